The molecule has 0 saturated heterocycles. The minimum atomic E-state index is -0.432. The van der Waals surface area contributed by atoms with Crippen molar-refractivity contribution in [1.29, 1.82) is 0 Å². The van der Waals surface area contributed by atoms with Crippen LogP contribution in [0.25, 0.3) is 11.3 Å². The lowest BCUT2D eigenvalue weighted by molar-refractivity contribution is 0.325. The van der Waals surface area contributed by atoms with Gasteiger partial charge in [-0.3, -0.25) is 4.98 Å². The van der Waals surface area contributed by atoms with Crippen LogP contribution in [0.5, 0.6) is 5.88 Å². The van der Waals surface area contributed by atoms with E-state index in [0.717, 1.165) is 0 Å². The lowest BCUT2D eigenvalue weighted by atomic mass is 10.2. The Kier molecular flexibility index (Phi) is 3.66. The third-order valence-electron chi connectivity index (χ3n) is 2.28. The van der Waals surface area contributed by atoms with Crippen LogP contribution >= 0.6 is 0 Å². The van der Waals surface area contributed by atoms with Gasteiger partial charge in [0.25, 0.3) is 0 Å². The summed E-state index contributed by atoms with van der Waals surface area (Å²) in [7, 11) is 1.61. The van der Waals surface area contributed by atoms with Gasteiger partial charge in [0.15, 0.2) is 11.6 Å². The Morgan fingerprint density at radius 2 is 2.17 bits per heavy atom. The summed E-state index contributed by atoms with van der Waals surface area (Å²) in [4.78, 5) is 12.2. The minimum absolute atomic E-state index is 0.202. The summed E-state index contributed by atoms with van der Waals surface area (Å²) in [5, 5.41) is 2.66. The predicted octanol–water partition coefficient (Wildman–Crippen LogP) is 2.12. The van der Waals surface area contributed by atoms with E-state index < -0.39 is 5.82 Å². The molecule has 0 atom stereocenters. The fourth-order valence-electron chi connectivity index (χ4n) is 1.47. The molecule has 0 unspecified atom stereocenters. The fraction of sp³-hybridized carbons (Fsp3) is 0.250. The normalized spacial score (nSPS) is 10.2. The first-order chi connectivity index (χ1) is 8.74. The Bertz CT molecular complexity index is 547. The van der Waals surface area contributed by atoms with Gasteiger partial charge < -0.3 is 10.1 Å². The number of hydrogen-bond acceptors (Lipinski definition) is 5. The van der Waals surface area contributed by atoms with E-state index in [9.17, 15) is 4.39 Å². The molecule has 0 amide bonds. The molecule has 0 aliphatic carbocycles. The molecule has 0 spiro atoms. The first-order valence-electron chi connectivity index (χ1n) is 5.53. The van der Waals surface area contributed by atoms with E-state index in [1.807, 2.05) is 6.92 Å². The highest BCUT2D eigenvalue weighted by Gasteiger charge is 2.07. The zero-order chi connectivity index (χ0) is 13.0. The van der Waals surface area contributed by atoms with E-state index in [4.69, 9.17) is 4.74 Å². The average molecular weight is 248 g/mol. The van der Waals surface area contributed by atoms with Crippen molar-refractivity contribution in [2.24, 2.45) is 0 Å². The van der Waals surface area contributed by atoms with Crippen LogP contribution in [0, 0.1) is 5.82 Å². The van der Waals surface area contributed by atoms with E-state index >= 15 is 0 Å². The maximum absolute atomic E-state index is 13.6. The van der Waals surface area contributed by atoms with Gasteiger partial charge in [0, 0.05) is 18.8 Å². The van der Waals surface area contributed by atoms with Crippen molar-refractivity contribution in [3.63, 3.8) is 0 Å². The van der Waals surface area contributed by atoms with Crippen molar-refractivity contribution in [2.45, 2.75) is 6.92 Å². The van der Waals surface area contributed by atoms with Crippen molar-refractivity contribution in [3.8, 4) is 17.1 Å². The predicted molar refractivity (Wildman–Crippen MR) is 65.9 cm³/mol. The van der Waals surface area contributed by atoms with Gasteiger partial charge in [-0.05, 0) is 13.0 Å². The Labute approximate surface area is 104 Å². The average Bonchev–Trinajstić information content (AvgIpc) is 2.39. The topological polar surface area (TPSA) is 59.9 Å². The number of hydrogen-bond donors (Lipinski definition) is 1. The molecule has 0 saturated carbocycles. The van der Waals surface area contributed by atoms with E-state index in [2.05, 4.69) is 20.3 Å². The Balaban J connectivity index is 2.36. The van der Waals surface area contributed by atoms with Crippen molar-refractivity contribution >= 4 is 5.82 Å². The highest BCUT2D eigenvalue weighted by atomic mass is 19.1. The SMILES string of the molecule is CCOc1cncc(-c2cnc(NC)c(F)c2)n1. The fourth-order valence-corrected chi connectivity index (χ4v) is 1.47. The summed E-state index contributed by atoms with van der Waals surface area (Å²) < 4.78 is 18.8. The Hall–Kier alpha value is -2.24. The van der Waals surface area contributed by atoms with Crippen molar-refractivity contribution in [2.75, 3.05) is 19.0 Å². The van der Waals surface area contributed by atoms with Crippen LogP contribution < -0.4 is 10.1 Å². The number of anilines is 1. The van der Waals surface area contributed by atoms with Crippen LogP contribution in [-0.2, 0) is 0 Å². The van der Waals surface area contributed by atoms with Gasteiger partial charge >= 0.3 is 0 Å². The number of pyridine rings is 1. The lowest BCUT2D eigenvalue weighted by Gasteiger charge is -2.06. The van der Waals surface area contributed by atoms with Crippen LogP contribution in [0.3, 0.4) is 0 Å². The first kappa shape index (κ1) is 12.2. The molecule has 1 N–H and O–H groups in total. The standard InChI is InChI=1S/C12H13FN4O/c1-3-18-11-7-15-6-10(17-11)8-4-9(13)12(14-2)16-5-8/h4-7H,3H2,1-2H3,(H,14,16). The summed E-state index contributed by atoms with van der Waals surface area (Å²) in [6.45, 7) is 2.36. The molecule has 0 fully saturated rings. The molecule has 2 aromatic heterocycles. The molecule has 0 aliphatic heterocycles. The maximum atomic E-state index is 13.6. The zero-order valence-corrected chi connectivity index (χ0v) is 10.1. The second-order valence-corrected chi connectivity index (χ2v) is 3.48. The zero-order valence-electron chi connectivity index (χ0n) is 10.1. The molecule has 2 heterocycles. The van der Waals surface area contributed by atoms with E-state index in [-0.39, 0.29) is 5.82 Å². The molecule has 0 radical (unpaired) electrons. The monoisotopic (exact) mass is 248 g/mol. The van der Waals surface area contributed by atoms with Crippen LogP contribution in [-0.4, -0.2) is 28.6 Å². The van der Waals surface area contributed by atoms with Gasteiger partial charge in [-0.25, -0.2) is 14.4 Å². The van der Waals surface area contributed by atoms with E-state index in [1.54, 1.807) is 7.05 Å². The van der Waals surface area contributed by atoms with Gasteiger partial charge in [-0.1, -0.05) is 0 Å². The van der Waals surface area contributed by atoms with Crippen LogP contribution in [0.2, 0.25) is 0 Å². The highest BCUT2D eigenvalue weighted by Crippen LogP contribution is 2.21. The van der Waals surface area contributed by atoms with Gasteiger partial charge in [-0.2, -0.15) is 0 Å². The highest BCUT2D eigenvalue weighted by molar-refractivity contribution is 5.59. The Morgan fingerprint density at radius 3 is 2.83 bits per heavy atom. The quantitative estimate of drug-likeness (QED) is 0.898. The third kappa shape index (κ3) is 2.53. The molecule has 18 heavy (non-hydrogen) atoms. The van der Waals surface area contributed by atoms with Gasteiger partial charge in [0.2, 0.25) is 5.88 Å². The summed E-state index contributed by atoms with van der Waals surface area (Å²) in [6.07, 6.45) is 4.59. The number of rotatable bonds is 4. The molecule has 94 valence electrons. The molecule has 5 nitrogen and oxygen atoms in total. The number of nitrogens with zero attached hydrogens (tertiary/aromatic N) is 3. The summed E-state index contributed by atoms with van der Waals surface area (Å²) in [5.74, 6) is 0.180. The van der Waals surface area contributed by atoms with Crippen LogP contribution in [0.4, 0.5) is 10.2 Å². The first-order valence-corrected chi connectivity index (χ1v) is 5.53. The summed E-state index contributed by atoms with van der Waals surface area (Å²) >= 11 is 0. The number of halogens is 1. The molecule has 6 heteroatoms. The van der Waals surface area contributed by atoms with Crippen molar-refractivity contribution < 1.29 is 9.13 Å². The molecule has 2 aromatic rings. The van der Waals surface area contributed by atoms with Crippen LogP contribution in [0.15, 0.2) is 24.7 Å². The molecule has 2 rings (SSSR count). The van der Waals surface area contributed by atoms with Gasteiger partial charge in [0.05, 0.1) is 24.7 Å². The number of ether oxygens (including phenoxy) is 1. The smallest absolute Gasteiger partial charge is 0.232 e. The van der Waals surface area contributed by atoms with E-state index in [0.29, 0.717) is 23.7 Å². The molecule has 0 aromatic carbocycles. The van der Waals surface area contributed by atoms with Crippen molar-refractivity contribution in [3.05, 3.63) is 30.5 Å². The lowest BCUT2D eigenvalue weighted by Crippen LogP contribution is -1.99. The largest absolute Gasteiger partial charge is 0.477 e. The molecular weight excluding hydrogens is 235 g/mol. The summed E-state index contributed by atoms with van der Waals surface area (Å²) in [6, 6.07) is 1.36. The molecule has 0 aliphatic rings. The molecular formula is C12H13FN4O. The van der Waals surface area contributed by atoms with Crippen LogP contribution in [0.1, 0.15) is 6.92 Å². The van der Waals surface area contributed by atoms with Gasteiger partial charge in [0.1, 0.15) is 0 Å². The van der Waals surface area contributed by atoms with E-state index in [1.165, 1.54) is 24.7 Å². The van der Waals surface area contributed by atoms with Crippen molar-refractivity contribution in [1.82, 2.24) is 15.0 Å². The third-order valence-corrected chi connectivity index (χ3v) is 2.28. The Morgan fingerprint density at radius 1 is 1.33 bits per heavy atom. The second-order valence-electron chi connectivity index (χ2n) is 3.48. The number of aromatic nitrogens is 3. The summed E-state index contributed by atoms with van der Waals surface area (Å²) in [5.41, 5.74) is 1.08. The number of nitrogens with one attached hydrogen (secondary N) is 1. The molecule has 0 bridgehead atoms. The second kappa shape index (κ2) is 5.39. The van der Waals surface area contributed by atoms with Gasteiger partial charge in [-0.15, -0.1) is 0 Å². The maximum Gasteiger partial charge on any atom is 0.232 e. The minimum Gasteiger partial charge on any atom is -0.477 e.